The Hall–Kier alpha value is -2.90. The van der Waals surface area contributed by atoms with Crippen molar-refractivity contribution in [2.24, 2.45) is 5.73 Å². The summed E-state index contributed by atoms with van der Waals surface area (Å²) >= 11 is 0. The average Bonchev–Trinajstić information content (AvgIpc) is 2.62. The van der Waals surface area contributed by atoms with Gasteiger partial charge in [-0.15, -0.1) is 0 Å². The Bertz CT molecular complexity index is 683. The van der Waals surface area contributed by atoms with Crippen LogP contribution in [0.4, 0.5) is 11.6 Å². The fourth-order valence-corrected chi connectivity index (χ4v) is 2.49. The number of piperazine rings is 1. The van der Waals surface area contributed by atoms with Gasteiger partial charge in [-0.3, -0.25) is 9.78 Å². The van der Waals surface area contributed by atoms with Gasteiger partial charge in [-0.05, 0) is 12.1 Å². The number of carbonyl (C=O) groups is 1. The Morgan fingerprint density at radius 3 is 2.39 bits per heavy atom. The lowest BCUT2D eigenvalue weighted by molar-refractivity contribution is 0.0995. The van der Waals surface area contributed by atoms with Crippen LogP contribution in [-0.4, -0.2) is 54.1 Å². The molecular weight excluding hydrogens is 296 g/mol. The van der Waals surface area contributed by atoms with Crippen LogP contribution >= 0.6 is 0 Å². The largest absolute Gasteiger partial charge is 0.494 e. The summed E-state index contributed by atoms with van der Waals surface area (Å²) < 4.78 is 5.07. The van der Waals surface area contributed by atoms with Gasteiger partial charge in [-0.1, -0.05) is 0 Å². The maximum absolute atomic E-state index is 11.2. The highest BCUT2D eigenvalue weighted by molar-refractivity contribution is 5.91. The third-order valence-electron chi connectivity index (χ3n) is 3.77. The standard InChI is InChI=1S/C15H18N6O2/c1-23-12-9-18-15(19-10-12)21-6-4-20(5-7-21)11-2-3-17-13(8-11)14(16)22/h2-3,8-10H,4-7H2,1H3,(H2,16,22). The van der Waals surface area contributed by atoms with E-state index in [9.17, 15) is 4.79 Å². The molecule has 1 fully saturated rings. The number of aromatic nitrogens is 3. The van der Waals surface area contributed by atoms with E-state index in [1.54, 1.807) is 31.8 Å². The highest BCUT2D eigenvalue weighted by Crippen LogP contribution is 2.19. The third-order valence-corrected chi connectivity index (χ3v) is 3.77. The van der Waals surface area contributed by atoms with E-state index in [0.29, 0.717) is 11.7 Å². The van der Waals surface area contributed by atoms with Gasteiger partial charge in [0.25, 0.3) is 5.91 Å². The minimum atomic E-state index is -0.517. The number of methoxy groups -OCH3 is 1. The molecule has 23 heavy (non-hydrogen) atoms. The number of ether oxygens (including phenoxy) is 1. The van der Waals surface area contributed by atoms with Crippen LogP contribution in [0.2, 0.25) is 0 Å². The van der Waals surface area contributed by atoms with Gasteiger partial charge < -0.3 is 20.3 Å². The van der Waals surface area contributed by atoms with E-state index in [0.717, 1.165) is 31.9 Å². The second-order valence-electron chi connectivity index (χ2n) is 5.16. The van der Waals surface area contributed by atoms with Crippen LogP contribution in [0, 0.1) is 0 Å². The summed E-state index contributed by atoms with van der Waals surface area (Å²) in [4.78, 5) is 28.1. The highest BCUT2D eigenvalue weighted by Gasteiger charge is 2.20. The first-order chi connectivity index (χ1) is 11.2. The molecule has 0 aliphatic carbocycles. The van der Waals surface area contributed by atoms with Crippen LogP contribution in [-0.2, 0) is 0 Å². The predicted octanol–water partition coefficient (Wildman–Crippen LogP) is 0.306. The van der Waals surface area contributed by atoms with Gasteiger partial charge in [0.15, 0.2) is 5.75 Å². The van der Waals surface area contributed by atoms with Gasteiger partial charge >= 0.3 is 0 Å². The third kappa shape index (κ3) is 3.31. The molecule has 8 heteroatoms. The molecule has 0 unspecified atom stereocenters. The molecule has 0 bridgehead atoms. The molecule has 3 heterocycles. The highest BCUT2D eigenvalue weighted by atomic mass is 16.5. The molecule has 0 saturated carbocycles. The number of primary amides is 1. The van der Waals surface area contributed by atoms with Crippen LogP contribution < -0.4 is 20.3 Å². The SMILES string of the molecule is COc1cnc(N2CCN(c3ccnc(C(N)=O)c3)CC2)nc1. The van der Waals surface area contributed by atoms with Crippen LogP contribution in [0.5, 0.6) is 5.75 Å². The van der Waals surface area contributed by atoms with Crippen molar-refractivity contribution in [3.63, 3.8) is 0 Å². The zero-order valence-electron chi connectivity index (χ0n) is 12.8. The predicted molar refractivity (Wildman–Crippen MR) is 85.8 cm³/mol. The lowest BCUT2D eigenvalue weighted by Crippen LogP contribution is -2.47. The molecule has 2 aromatic rings. The van der Waals surface area contributed by atoms with Gasteiger partial charge in [0.2, 0.25) is 5.95 Å². The maximum Gasteiger partial charge on any atom is 0.267 e. The first-order valence-corrected chi connectivity index (χ1v) is 7.29. The summed E-state index contributed by atoms with van der Waals surface area (Å²) in [5.41, 5.74) is 6.51. The average molecular weight is 314 g/mol. The van der Waals surface area contributed by atoms with Crippen LogP contribution in [0.1, 0.15) is 10.5 Å². The monoisotopic (exact) mass is 314 g/mol. The van der Waals surface area contributed by atoms with E-state index in [-0.39, 0.29) is 5.69 Å². The number of amides is 1. The molecule has 0 radical (unpaired) electrons. The quantitative estimate of drug-likeness (QED) is 0.867. The summed E-state index contributed by atoms with van der Waals surface area (Å²) in [5.74, 6) is 0.818. The molecule has 2 aromatic heterocycles. The van der Waals surface area contributed by atoms with E-state index in [4.69, 9.17) is 10.5 Å². The van der Waals surface area contributed by atoms with E-state index in [1.807, 2.05) is 6.07 Å². The van der Waals surface area contributed by atoms with E-state index < -0.39 is 5.91 Å². The van der Waals surface area contributed by atoms with Crippen molar-refractivity contribution in [1.82, 2.24) is 15.0 Å². The molecule has 1 saturated heterocycles. The van der Waals surface area contributed by atoms with Crippen molar-refractivity contribution in [1.29, 1.82) is 0 Å². The Morgan fingerprint density at radius 1 is 1.13 bits per heavy atom. The molecule has 120 valence electrons. The maximum atomic E-state index is 11.2. The number of carbonyl (C=O) groups excluding carboxylic acids is 1. The van der Waals surface area contributed by atoms with Crippen LogP contribution in [0.3, 0.4) is 0 Å². The number of anilines is 2. The Morgan fingerprint density at radius 2 is 1.78 bits per heavy atom. The van der Waals surface area contributed by atoms with Crippen molar-refractivity contribution in [3.05, 3.63) is 36.4 Å². The molecule has 1 amide bonds. The van der Waals surface area contributed by atoms with Gasteiger partial charge in [-0.25, -0.2) is 9.97 Å². The Kier molecular flexibility index (Phi) is 4.22. The minimum absolute atomic E-state index is 0.281. The summed E-state index contributed by atoms with van der Waals surface area (Å²) in [7, 11) is 1.59. The zero-order chi connectivity index (χ0) is 16.2. The number of hydrogen-bond donors (Lipinski definition) is 1. The van der Waals surface area contributed by atoms with Gasteiger partial charge in [-0.2, -0.15) is 0 Å². The van der Waals surface area contributed by atoms with Crippen molar-refractivity contribution >= 4 is 17.5 Å². The molecule has 1 aliphatic rings. The minimum Gasteiger partial charge on any atom is -0.494 e. The van der Waals surface area contributed by atoms with Crippen molar-refractivity contribution < 1.29 is 9.53 Å². The summed E-state index contributed by atoms with van der Waals surface area (Å²) in [6.07, 6.45) is 4.93. The zero-order valence-corrected chi connectivity index (χ0v) is 12.8. The van der Waals surface area contributed by atoms with Crippen molar-refractivity contribution in [2.75, 3.05) is 43.1 Å². The van der Waals surface area contributed by atoms with Crippen LogP contribution in [0.25, 0.3) is 0 Å². The first-order valence-electron chi connectivity index (χ1n) is 7.29. The van der Waals surface area contributed by atoms with Gasteiger partial charge in [0.1, 0.15) is 5.69 Å². The second-order valence-corrected chi connectivity index (χ2v) is 5.16. The molecule has 8 nitrogen and oxygen atoms in total. The van der Waals surface area contributed by atoms with E-state index >= 15 is 0 Å². The van der Waals surface area contributed by atoms with Crippen LogP contribution in [0.15, 0.2) is 30.7 Å². The molecule has 0 spiro atoms. The van der Waals surface area contributed by atoms with Gasteiger partial charge in [0.05, 0.1) is 19.5 Å². The molecule has 2 N–H and O–H groups in total. The normalized spacial score (nSPS) is 14.7. The molecular formula is C15H18N6O2. The number of pyridine rings is 1. The summed E-state index contributed by atoms with van der Waals surface area (Å²) in [6.45, 7) is 3.19. The van der Waals surface area contributed by atoms with E-state index in [1.165, 1.54) is 0 Å². The molecule has 3 rings (SSSR count). The summed E-state index contributed by atoms with van der Waals surface area (Å²) in [6, 6.07) is 3.61. The van der Waals surface area contributed by atoms with Crippen molar-refractivity contribution in [2.45, 2.75) is 0 Å². The van der Waals surface area contributed by atoms with Gasteiger partial charge in [0, 0.05) is 38.1 Å². The molecule has 0 aromatic carbocycles. The van der Waals surface area contributed by atoms with Crippen molar-refractivity contribution in [3.8, 4) is 5.75 Å². The number of nitrogens with zero attached hydrogens (tertiary/aromatic N) is 5. The number of hydrogen-bond acceptors (Lipinski definition) is 7. The number of nitrogens with two attached hydrogens (primary N) is 1. The first kappa shape index (κ1) is 15.0. The molecule has 0 atom stereocenters. The smallest absolute Gasteiger partial charge is 0.267 e. The lowest BCUT2D eigenvalue weighted by atomic mass is 10.2. The summed E-state index contributed by atoms with van der Waals surface area (Å²) in [5, 5.41) is 0. The molecule has 1 aliphatic heterocycles. The Labute approximate surface area is 133 Å². The topological polar surface area (TPSA) is 97.5 Å². The fourth-order valence-electron chi connectivity index (χ4n) is 2.49. The number of rotatable bonds is 4. The lowest BCUT2D eigenvalue weighted by Gasteiger charge is -2.36. The second kappa shape index (κ2) is 6.47. The Balaban J connectivity index is 1.65. The fraction of sp³-hybridized carbons (Fsp3) is 0.333. The van der Waals surface area contributed by atoms with E-state index in [2.05, 4.69) is 24.8 Å².